The number of carbonyl (C=O) groups excluding carboxylic acids is 1. The summed E-state index contributed by atoms with van der Waals surface area (Å²) in [6.45, 7) is 12.2. The first-order valence-corrected chi connectivity index (χ1v) is 8.75. The van der Waals surface area contributed by atoms with Crippen LogP contribution < -0.4 is 0 Å². The van der Waals surface area contributed by atoms with E-state index in [0.29, 0.717) is 11.8 Å². The molecule has 2 saturated carbocycles. The molecule has 1 saturated heterocycles. The summed E-state index contributed by atoms with van der Waals surface area (Å²) in [6, 6.07) is 0. The fourth-order valence-electron chi connectivity index (χ4n) is 4.64. The van der Waals surface area contributed by atoms with E-state index in [4.69, 9.17) is 9.47 Å². The lowest BCUT2D eigenvalue weighted by molar-refractivity contribution is -0.177. The molecule has 7 unspecified atom stereocenters. The largest absolute Gasteiger partial charge is 0.459 e. The Balaban J connectivity index is 1.80. The van der Waals surface area contributed by atoms with Gasteiger partial charge in [0.1, 0.15) is 12.2 Å². The molecule has 1 aliphatic heterocycles. The molecule has 7 atom stereocenters. The van der Waals surface area contributed by atoms with Crippen LogP contribution in [0.3, 0.4) is 0 Å². The van der Waals surface area contributed by atoms with Crippen molar-refractivity contribution in [1.29, 1.82) is 0 Å². The minimum atomic E-state index is -0.676. The highest BCUT2D eigenvalue weighted by molar-refractivity contribution is 5.80. The second-order valence-corrected chi connectivity index (χ2v) is 9.09. The molecule has 0 aromatic carbocycles. The first-order valence-electron chi connectivity index (χ1n) is 8.75. The highest BCUT2D eigenvalue weighted by atomic mass is 16.6. The average Bonchev–Trinajstić information content (AvgIpc) is 3.01. The normalized spacial score (nSPS) is 40.8. The maximum absolute atomic E-state index is 13.1. The molecule has 3 aliphatic rings. The maximum atomic E-state index is 13.1. The molecule has 1 N–H and O–H groups in total. The summed E-state index contributed by atoms with van der Waals surface area (Å²) in [5.41, 5.74) is 0.196. The Morgan fingerprint density at radius 2 is 1.78 bits per heavy atom. The number of hydrogen-bond acceptors (Lipinski definition) is 4. The second-order valence-electron chi connectivity index (χ2n) is 9.09. The van der Waals surface area contributed by atoms with Crippen LogP contribution in [0.5, 0.6) is 0 Å². The van der Waals surface area contributed by atoms with E-state index in [0.717, 1.165) is 18.4 Å². The minimum Gasteiger partial charge on any atom is -0.459 e. The molecule has 0 spiro atoms. The molecule has 2 bridgehead atoms. The van der Waals surface area contributed by atoms with Gasteiger partial charge in [0, 0.05) is 5.92 Å². The molecule has 0 radical (unpaired) electrons. The van der Waals surface area contributed by atoms with Gasteiger partial charge in [-0.05, 0) is 50.9 Å². The first kappa shape index (κ1) is 17.0. The van der Waals surface area contributed by atoms with E-state index in [9.17, 15) is 9.90 Å². The van der Waals surface area contributed by atoms with Crippen molar-refractivity contribution in [3.63, 3.8) is 0 Å². The third kappa shape index (κ3) is 2.54. The topological polar surface area (TPSA) is 55.8 Å². The molecular formula is C19H30O4. The lowest BCUT2D eigenvalue weighted by Gasteiger charge is -2.39. The van der Waals surface area contributed by atoms with Gasteiger partial charge >= 0.3 is 5.97 Å². The van der Waals surface area contributed by atoms with Gasteiger partial charge in [-0.2, -0.15) is 0 Å². The fourth-order valence-corrected chi connectivity index (χ4v) is 4.64. The monoisotopic (exact) mass is 322 g/mol. The molecule has 4 heteroatoms. The Morgan fingerprint density at radius 1 is 1.17 bits per heavy atom. The number of hydrogen-bond donors (Lipinski definition) is 1. The molecule has 1 heterocycles. The lowest BCUT2D eigenvalue weighted by atomic mass is 9.67. The fraction of sp³-hybridized carbons (Fsp3) is 0.842. The van der Waals surface area contributed by atoms with Crippen molar-refractivity contribution in [2.45, 2.75) is 72.9 Å². The molecule has 0 aromatic heterocycles. The lowest BCUT2D eigenvalue weighted by Crippen LogP contribution is -2.45. The van der Waals surface area contributed by atoms with Crippen LogP contribution in [0.25, 0.3) is 0 Å². The van der Waals surface area contributed by atoms with Gasteiger partial charge < -0.3 is 14.6 Å². The smallest absolute Gasteiger partial charge is 0.316 e. The number of carbonyl (C=O) groups is 1. The van der Waals surface area contributed by atoms with Crippen LogP contribution in [0.1, 0.15) is 54.4 Å². The Hall–Kier alpha value is -0.870. The minimum absolute atomic E-state index is 0.117. The molecule has 4 nitrogen and oxygen atoms in total. The van der Waals surface area contributed by atoms with Crippen LogP contribution in [0.15, 0.2) is 11.6 Å². The maximum Gasteiger partial charge on any atom is 0.316 e. The molecular weight excluding hydrogens is 292 g/mol. The number of aliphatic hydroxyl groups excluding tert-OH is 1. The second kappa shape index (κ2) is 5.32. The van der Waals surface area contributed by atoms with Crippen molar-refractivity contribution in [2.24, 2.45) is 28.6 Å². The van der Waals surface area contributed by atoms with Crippen molar-refractivity contribution in [3.8, 4) is 0 Å². The number of ether oxygens (including phenoxy) is 2. The molecule has 23 heavy (non-hydrogen) atoms. The SMILES string of the molecule is CC(C)=CC(C)(C(=O)OC1C2CC3C(O)OC1C3C2)C(C)(C)C. The van der Waals surface area contributed by atoms with Gasteiger partial charge in [-0.3, -0.25) is 4.79 Å². The van der Waals surface area contributed by atoms with Crippen molar-refractivity contribution in [1.82, 2.24) is 0 Å². The molecule has 0 aromatic rings. The predicted molar refractivity (Wildman–Crippen MR) is 87.5 cm³/mol. The van der Waals surface area contributed by atoms with Crippen molar-refractivity contribution in [3.05, 3.63) is 11.6 Å². The van der Waals surface area contributed by atoms with Crippen LogP contribution in [-0.4, -0.2) is 29.6 Å². The summed E-state index contributed by atoms with van der Waals surface area (Å²) < 4.78 is 11.7. The molecule has 3 rings (SSSR count). The van der Waals surface area contributed by atoms with Gasteiger partial charge in [-0.15, -0.1) is 0 Å². The average molecular weight is 322 g/mol. The quantitative estimate of drug-likeness (QED) is 0.640. The summed E-state index contributed by atoms with van der Waals surface area (Å²) >= 11 is 0. The van der Waals surface area contributed by atoms with E-state index in [-0.39, 0.29) is 29.5 Å². The van der Waals surface area contributed by atoms with Crippen LogP contribution in [0, 0.1) is 28.6 Å². The highest BCUT2D eigenvalue weighted by Crippen LogP contribution is 2.57. The Bertz CT molecular complexity index is 528. The zero-order valence-corrected chi connectivity index (χ0v) is 15.1. The van der Waals surface area contributed by atoms with Crippen molar-refractivity contribution in [2.75, 3.05) is 0 Å². The Labute approximate surface area is 139 Å². The Kier molecular flexibility index (Phi) is 3.92. The van der Waals surface area contributed by atoms with E-state index in [1.54, 1.807) is 0 Å². The third-order valence-electron chi connectivity index (χ3n) is 6.38. The molecule has 2 aliphatic carbocycles. The number of rotatable bonds is 3. The molecule has 3 fully saturated rings. The van der Waals surface area contributed by atoms with Crippen LogP contribution in [0.4, 0.5) is 0 Å². The summed E-state index contributed by atoms with van der Waals surface area (Å²) in [5.74, 6) is 0.765. The third-order valence-corrected chi connectivity index (χ3v) is 6.38. The number of fused-ring (bicyclic) bond motifs is 1. The standard InChI is InChI=1S/C19H30O4/c1-10(2)9-19(6,18(3,4)5)17(21)23-14-11-7-12-13(8-11)16(20)22-15(12)14/h9,11-16,20H,7-8H2,1-6H3. The van der Waals surface area contributed by atoms with Gasteiger partial charge in [-0.1, -0.05) is 32.4 Å². The predicted octanol–water partition coefficient (Wildman–Crippen LogP) is 3.29. The van der Waals surface area contributed by atoms with Crippen molar-refractivity contribution >= 4 is 5.97 Å². The van der Waals surface area contributed by atoms with Gasteiger partial charge in [0.2, 0.25) is 0 Å². The number of esters is 1. The molecule has 0 amide bonds. The highest BCUT2D eigenvalue weighted by Gasteiger charge is 2.62. The Morgan fingerprint density at radius 3 is 2.35 bits per heavy atom. The van der Waals surface area contributed by atoms with E-state index >= 15 is 0 Å². The summed E-state index contributed by atoms with van der Waals surface area (Å²) in [7, 11) is 0. The number of allylic oxidation sites excluding steroid dienone is 1. The summed E-state index contributed by atoms with van der Waals surface area (Å²) in [5, 5.41) is 9.98. The van der Waals surface area contributed by atoms with Crippen molar-refractivity contribution < 1.29 is 19.4 Å². The van der Waals surface area contributed by atoms with Gasteiger partial charge in [0.15, 0.2) is 6.29 Å². The van der Waals surface area contributed by atoms with E-state index in [1.807, 2.05) is 26.8 Å². The van der Waals surface area contributed by atoms with Gasteiger partial charge in [-0.25, -0.2) is 0 Å². The van der Waals surface area contributed by atoms with E-state index in [2.05, 4.69) is 20.8 Å². The summed E-state index contributed by atoms with van der Waals surface area (Å²) in [6.07, 6.45) is 2.96. The molecule has 130 valence electrons. The van der Waals surface area contributed by atoms with Crippen LogP contribution >= 0.6 is 0 Å². The number of aliphatic hydroxyl groups is 1. The van der Waals surface area contributed by atoms with Crippen LogP contribution in [0.2, 0.25) is 0 Å². The van der Waals surface area contributed by atoms with Gasteiger partial charge in [0.05, 0.1) is 5.41 Å². The van der Waals surface area contributed by atoms with Crippen LogP contribution in [-0.2, 0) is 14.3 Å². The van der Waals surface area contributed by atoms with Gasteiger partial charge in [0.25, 0.3) is 0 Å². The first-order chi connectivity index (χ1) is 10.5. The summed E-state index contributed by atoms with van der Waals surface area (Å²) in [4.78, 5) is 13.1. The zero-order valence-electron chi connectivity index (χ0n) is 15.1. The zero-order chi connectivity index (χ0) is 17.2. The van der Waals surface area contributed by atoms with E-state index < -0.39 is 11.7 Å². The van der Waals surface area contributed by atoms with E-state index in [1.165, 1.54) is 0 Å².